The summed E-state index contributed by atoms with van der Waals surface area (Å²) in [4.78, 5) is 7.52. The molecule has 0 aromatic carbocycles. The Morgan fingerprint density at radius 2 is 1.58 bits per heavy atom. The highest BCUT2D eigenvalue weighted by molar-refractivity contribution is 5.85. The van der Waals surface area contributed by atoms with Crippen molar-refractivity contribution in [2.75, 3.05) is 50.7 Å². The van der Waals surface area contributed by atoms with Crippen LogP contribution in [0.4, 0.5) is 17.5 Å². The summed E-state index contributed by atoms with van der Waals surface area (Å²) >= 11 is 0. The molecule has 6 N–H and O–H groups in total. The minimum Gasteiger partial charge on any atom is -0.474 e. The smallest absolute Gasteiger partial charge is 0.244 e. The number of ether oxygens (including phenoxy) is 3. The molecular weight excluding hydrogens is 297 g/mol. The van der Waals surface area contributed by atoms with E-state index in [9.17, 15) is 0 Å². The fraction of sp³-hybridized carbons (Fsp3) is 0.556. The van der Waals surface area contributed by atoms with E-state index in [1.807, 2.05) is 0 Å². The van der Waals surface area contributed by atoms with Crippen molar-refractivity contribution in [2.24, 2.45) is 0 Å². The SMILES string of the molecule is COCCOCCOc1nc(N)nc(N)c1N.Cl.Cl. The number of hydrogen-bond acceptors (Lipinski definition) is 8. The van der Waals surface area contributed by atoms with Crippen molar-refractivity contribution in [3.8, 4) is 5.88 Å². The van der Waals surface area contributed by atoms with E-state index in [1.165, 1.54) is 0 Å². The molecule has 0 atom stereocenters. The fourth-order valence-corrected chi connectivity index (χ4v) is 1.03. The number of rotatable bonds is 7. The first kappa shape index (κ1) is 20.1. The third kappa shape index (κ3) is 7.06. The minimum absolute atomic E-state index is 0. The number of nitrogens with two attached hydrogens (primary N) is 3. The summed E-state index contributed by atoms with van der Waals surface area (Å²) in [6, 6.07) is 0. The van der Waals surface area contributed by atoms with Crippen molar-refractivity contribution in [2.45, 2.75) is 0 Å². The predicted octanol–water partition coefficient (Wildman–Crippen LogP) is 0.109. The van der Waals surface area contributed by atoms with E-state index in [-0.39, 0.29) is 48.1 Å². The number of anilines is 3. The molecule has 0 aliphatic carbocycles. The second-order valence-corrected chi connectivity index (χ2v) is 3.14. The Kier molecular flexibility index (Phi) is 11.3. The minimum atomic E-state index is 0. The van der Waals surface area contributed by atoms with E-state index < -0.39 is 0 Å². The zero-order chi connectivity index (χ0) is 12.7. The van der Waals surface area contributed by atoms with Crippen molar-refractivity contribution < 1.29 is 14.2 Å². The second-order valence-electron chi connectivity index (χ2n) is 3.14. The normalized spacial score (nSPS) is 9.32. The Balaban J connectivity index is 0. The van der Waals surface area contributed by atoms with Crippen LogP contribution in [0.1, 0.15) is 0 Å². The van der Waals surface area contributed by atoms with Gasteiger partial charge in [-0.25, -0.2) is 0 Å². The molecule has 0 aliphatic heterocycles. The van der Waals surface area contributed by atoms with Gasteiger partial charge in [-0.05, 0) is 0 Å². The number of methoxy groups -OCH3 is 1. The van der Waals surface area contributed by atoms with Gasteiger partial charge in [-0.3, -0.25) is 0 Å². The van der Waals surface area contributed by atoms with Gasteiger partial charge in [-0.15, -0.1) is 24.8 Å². The molecule has 8 nitrogen and oxygen atoms in total. The van der Waals surface area contributed by atoms with Crippen molar-refractivity contribution >= 4 is 42.3 Å². The number of halogens is 2. The van der Waals surface area contributed by atoms with Crippen LogP contribution in [0, 0.1) is 0 Å². The molecule has 0 aliphatic rings. The van der Waals surface area contributed by atoms with E-state index >= 15 is 0 Å². The van der Waals surface area contributed by atoms with Crippen molar-refractivity contribution in [1.82, 2.24) is 9.97 Å². The standard InChI is InChI=1S/C9H17N5O3.2ClH/c1-15-2-3-16-4-5-17-8-6(10)7(11)13-9(12)14-8;;/h2-5,10H2,1H3,(H4,11,12,13,14);2*1H. The summed E-state index contributed by atoms with van der Waals surface area (Å²) in [7, 11) is 1.60. The van der Waals surface area contributed by atoms with Gasteiger partial charge < -0.3 is 31.4 Å². The third-order valence-electron chi connectivity index (χ3n) is 1.86. The molecular formula is C9H19Cl2N5O3. The first-order chi connectivity index (χ1) is 8.15. The summed E-state index contributed by atoms with van der Waals surface area (Å²) in [6.07, 6.45) is 0. The largest absolute Gasteiger partial charge is 0.474 e. The molecule has 0 bridgehead atoms. The highest BCUT2D eigenvalue weighted by atomic mass is 35.5. The number of aromatic nitrogens is 2. The summed E-state index contributed by atoms with van der Waals surface area (Å²) in [5.74, 6) is 0.296. The van der Waals surface area contributed by atoms with Gasteiger partial charge in [-0.2, -0.15) is 9.97 Å². The molecule has 19 heavy (non-hydrogen) atoms. The lowest BCUT2D eigenvalue weighted by Crippen LogP contribution is -2.13. The van der Waals surface area contributed by atoms with Crippen LogP contribution in [0.5, 0.6) is 5.88 Å². The lowest BCUT2D eigenvalue weighted by Gasteiger charge is -2.09. The predicted molar refractivity (Wildman–Crippen MR) is 78.0 cm³/mol. The molecule has 1 aromatic heterocycles. The van der Waals surface area contributed by atoms with Gasteiger partial charge in [0.1, 0.15) is 12.3 Å². The van der Waals surface area contributed by atoms with E-state index in [0.29, 0.717) is 26.4 Å². The van der Waals surface area contributed by atoms with Crippen molar-refractivity contribution in [3.63, 3.8) is 0 Å². The van der Waals surface area contributed by atoms with Crippen LogP contribution in [0.15, 0.2) is 0 Å². The zero-order valence-electron chi connectivity index (χ0n) is 10.5. The van der Waals surface area contributed by atoms with Crippen LogP contribution < -0.4 is 21.9 Å². The Hall–Kier alpha value is -1.22. The van der Waals surface area contributed by atoms with Gasteiger partial charge in [0.2, 0.25) is 11.8 Å². The van der Waals surface area contributed by atoms with Crippen LogP contribution in [-0.4, -0.2) is 43.5 Å². The van der Waals surface area contributed by atoms with Gasteiger partial charge in [0.05, 0.1) is 19.8 Å². The molecule has 1 rings (SSSR count). The fourth-order valence-electron chi connectivity index (χ4n) is 1.03. The van der Waals surface area contributed by atoms with Gasteiger partial charge in [0, 0.05) is 7.11 Å². The molecule has 0 spiro atoms. The van der Waals surface area contributed by atoms with E-state index in [2.05, 4.69) is 9.97 Å². The van der Waals surface area contributed by atoms with E-state index in [4.69, 9.17) is 31.4 Å². The molecule has 1 heterocycles. The molecule has 0 saturated carbocycles. The maximum atomic E-state index is 5.62. The number of nitrogens with zero attached hydrogens (tertiary/aromatic N) is 2. The molecule has 0 unspecified atom stereocenters. The van der Waals surface area contributed by atoms with Crippen molar-refractivity contribution in [1.29, 1.82) is 0 Å². The third-order valence-corrected chi connectivity index (χ3v) is 1.86. The van der Waals surface area contributed by atoms with Gasteiger partial charge >= 0.3 is 0 Å². The van der Waals surface area contributed by atoms with Crippen LogP contribution >= 0.6 is 24.8 Å². The maximum absolute atomic E-state index is 5.62. The average molecular weight is 316 g/mol. The molecule has 1 aromatic rings. The molecule has 0 amide bonds. The lowest BCUT2D eigenvalue weighted by molar-refractivity contribution is 0.0538. The van der Waals surface area contributed by atoms with Gasteiger partial charge in [0.15, 0.2) is 5.82 Å². The first-order valence-corrected chi connectivity index (χ1v) is 5.03. The summed E-state index contributed by atoms with van der Waals surface area (Å²) in [5, 5.41) is 0. The Labute approximate surface area is 123 Å². The van der Waals surface area contributed by atoms with Crippen LogP contribution in [0.3, 0.4) is 0 Å². The highest BCUT2D eigenvalue weighted by Crippen LogP contribution is 2.23. The van der Waals surface area contributed by atoms with Crippen molar-refractivity contribution in [3.05, 3.63) is 0 Å². The molecule has 112 valence electrons. The topological polar surface area (TPSA) is 132 Å². The zero-order valence-corrected chi connectivity index (χ0v) is 12.1. The second kappa shape index (κ2) is 10.7. The Bertz CT molecular complexity index is 370. The molecule has 0 fully saturated rings. The number of hydrogen-bond donors (Lipinski definition) is 3. The van der Waals surface area contributed by atoms with E-state index in [0.717, 1.165) is 0 Å². The molecule has 0 radical (unpaired) electrons. The molecule has 0 saturated heterocycles. The van der Waals surface area contributed by atoms with Crippen LogP contribution in [0.25, 0.3) is 0 Å². The molecule has 10 heteroatoms. The maximum Gasteiger partial charge on any atom is 0.244 e. The van der Waals surface area contributed by atoms with E-state index in [1.54, 1.807) is 7.11 Å². The highest BCUT2D eigenvalue weighted by Gasteiger charge is 2.08. The van der Waals surface area contributed by atoms with Crippen LogP contribution in [0.2, 0.25) is 0 Å². The summed E-state index contributed by atoms with van der Waals surface area (Å²) < 4.78 is 15.3. The first-order valence-electron chi connectivity index (χ1n) is 5.03. The Morgan fingerprint density at radius 1 is 0.947 bits per heavy atom. The lowest BCUT2D eigenvalue weighted by atomic mass is 10.4. The summed E-state index contributed by atoms with van der Waals surface area (Å²) in [6.45, 7) is 1.73. The summed E-state index contributed by atoms with van der Waals surface area (Å²) in [5.41, 5.74) is 16.7. The van der Waals surface area contributed by atoms with Gasteiger partial charge in [0.25, 0.3) is 0 Å². The van der Waals surface area contributed by atoms with Gasteiger partial charge in [-0.1, -0.05) is 0 Å². The van der Waals surface area contributed by atoms with Crippen LogP contribution in [-0.2, 0) is 9.47 Å². The quantitative estimate of drug-likeness (QED) is 0.604. The Morgan fingerprint density at radius 3 is 2.21 bits per heavy atom. The monoisotopic (exact) mass is 315 g/mol. The average Bonchev–Trinajstić information content (AvgIpc) is 2.29. The number of nitrogen functional groups attached to an aromatic ring is 3.